The van der Waals surface area contributed by atoms with E-state index in [2.05, 4.69) is 23.8 Å². The molecule has 23 heteroatoms. The molecule has 2 saturated heterocycles. The smallest absolute Gasteiger partial charge is 0.485 e. The zero-order chi connectivity index (χ0) is 32.0. The number of carboxylic acid groups (broad SMARTS) is 1. The molecule has 242 valence electrons. The van der Waals surface area contributed by atoms with Gasteiger partial charge >= 0.3 is 15.6 Å². The topological polar surface area (TPSA) is 304 Å². The number of carboxylic acids is 1. The van der Waals surface area contributed by atoms with Crippen molar-refractivity contribution in [3.8, 4) is 0 Å². The molecule has 10 atom stereocenters. The van der Waals surface area contributed by atoms with Crippen LogP contribution in [-0.4, -0.2) is 119 Å². The summed E-state index contributed by atoms with van der Waals surface area (Å²) < 4.78 is 57.0. The summed E-state index contributed by atoms with van der Waals surface area (Å²) in [5.74, 6) is -1.43. The number of aliphatic hydroxyl groups is 4. The van der Waals surface area contributed by atoms with E-state index in [0.717, 1.165) is 13.4 Å². The van der Waals surface area contributed by atoms with Gasteiger partial charge in [0.05, 0.1) is 18.9 Å². The van der Waals surface area contributed by atoms with Gasteiger partial charge < -0.3 is 55.3 Å². The van der Waals surface area contributed by atoms with Crippen molar-refractivity contribution in [1.29, 1.82) is 0 Å². The number of carbonyl (C=O) groups excluding carboxylic acids is 1. The van der Waals surface area contributed by atoms with Crippen LogP contribution in [-0.2, 0) is 41.3 Å². The molecule has 10 unspecified atom stereocenters. The van der Waals surface area contributed by atoms with E-state index in [-0.39, 0.29) is 29.1 Å². The average Bonchev–Trinajstić information content (AvgIpc) is 3.62. The lowest BCUT2D eigenvalue weighted by atomic mass is 10.1. The SMILES string of the molecule is COP(=O)(OC1OC(n2cnc3c(N)ncnc32)C(O)C1O)OP(=O)(O)OCC1OC(N2C=CC=C(C(=O)[O-])C2)C(O)C1O. The van der Waals surface area contributed by atoms with Crippen LogP contribution in [0.5, 0.6) is 0 Å². The van der Waals surface area contributed by atoms with Crippen LogP contribution in [0.4, 0.5) is 5.82 Å². The second-order valence-corrected chi connectivity index (χ2v) is 12.9. The summed E-state index contributed by atoms with van der Waals surface area (Å²) in [5.41, 5.74) is 5.90. The molecule has 0 bridgehead atoms. The molecule has 5 rings (SSSR count). The fourth-order valence-corrected chi connectivity index (χ4v) is 7.03. The van der Waals surface area contributed by atoms with Crippen molar-refractivity contribution in [2.45, 2.75) is 49.3 Å². The molecule has 21 nitrogen and oxygen atoms in total. The van der Waals surface area contributed by atoms with Gasteiger partial charge in [0.2, 0.25) is 0 Å². The summed E-state index contributed by atoms with van der Waals surface area (Å²) in [4.78, 5) is 34.5. The number of ether oxygens (including phenoxy) is 2. The van der Waals surface area contributed by atoms with Crippen LogP contribution in [0.25, 0.3) is 11.2 Å². The molecule has 0 spiro atoms. The zero-order valence-electron chi connectivity index (χ0n) is 22.4. The normalized spacial score (nSPS) is 33.3. The quantitative estimate of drug-likeness (QED) is 0.129. The molecule has 2 aromatic heterocycles. The molecule has 3 aliphatic rings. The largest absolute Gasteiger partial charge is 0.545 e. The number of hydrogen-bond donors (Lipinski definition) is 6. The van der Waals surface area contributed by atoms with E-state index < -0.39 is 77.5 Å². The molecular formula is C21H27N6O15P2-. The summed E-state index contributed by atoms with van der Waals surface area (Å²) in [6.45, 7) is -1.13. The highest BCUT2D eigenvalue weighted by atomic mass is 31.3. The van der Waals surface area contributed by atoms with Gasteiger partial charge in [-0.15, -0.1) is 0 Å². The number of phosphoric acid groups is 2. The lowest BCUT2D eigenvalue weighted by molar-refractivity contribution is -0.299. The van der Waals surface area contributed by atoms with Crippen molar-refractivity contribution < 1.29 is 71.7 Å². The summed E-state index contributed by atoms with van der Waals surface area (Å²) in [5, 5.41) is 53.0. The Kier molecular flexibility index (Phi) is 9.23. The van der Waals surface area contributed by atoms with Crippen molar-refractivity contribution >= 4 is 38.6 Å². The summed E-state index contributed by atoms with van der Waals surface area (Å²) in [6, 6.07) is 0. The highest BCUT2D eigenvalue weighted by molar-refractivity contribution is 7.61. The van der Waals surface area contributed by atoms with Gasteiger partial charge in [-0.05, 0) is 11.6 Å². The van der Waals surface area contributed by atoms with Crippen LogP contribution >= 0.6 is 15.6 Å². The van der Waals surface area contributed by atoms with E-state index in [0.29, 0.717) is 0 Å². The Balaban J connectivity index is 1.20. The number of nitrogens with two attached hydrogens (primary N) is 1. The van der Waals surface area contributed by atoms with Crippen LogP contribution < -0.4 is 10.8 Å². The van der Waals surface area contributed by atoms with E-state index >= 15 is 0 Å². The molecule has 3 aliphatic heterocycles. The van der Waals surface area contributed by atoms with E-state index in [9.17, 15) is 44.4 Å². The number of nitrogen functional groups attached to an aromatic ring is 1. The van der Waals surface area contributed by atoms with Gasteiger partial charge in [0.25, 0.3) is 0 Å². The van der Waals surface area contributed by atoms with Crippen LogP contribution in [0.1, 0.15) is 6.23 Å². The Morgan fingerprint density at radius 3 is 2.55 bits per heavy atom. The van der Waals surface area contributed by atoms with E-state index in [1.165, 1.54) is 34.1 Å². The third-order valence-electron chi connectivity index (χ3n) is 6.77. The van der Waals surface area contributed by atoms with Crippen LogP contribution in [0.3, 0.4) is 0 Å². The molecule has 44 heavy (non-hydrogen) atoms. The number of aliphatic hydroxyl groups excluding tert-OH is 4. The first-order chi connectivity index (χ1) is 20.7. The van der Waals surface area contributed by atoms with Gasteiger partial charge in [0.1, 0.15) is 42.4 Å². The highest BCUT2D eigenvalue weighted by Gasteiger charge is 2.51. The van der Waals surface area contributed by atoms with Gasteiger partial charge in [-0.1, -0.05) is 6.08 Å². The minimum absolute atomic E-state index is 0.0245. The van der Waals surface area contributed by atoms with E-state index in [4.69, 9.17) is 24.3 Å². The van der Waals surface area contributed by atoms with E-state index in [1.54, 1.807) is 0 Å². The average molecular weight is 665 g/mol. The van der Waals surface area contributed by atoms with Crippen LogP contribution in [0, 0.1) is 0 Å². The minimum Gasteiger partial charge on any atom is -0.545 e. The Bertz CT molecular complexity index is 1550. The number of hydrogen-bond acceptors (Lipinski definition) is 19. The van der Waals surface area contributed by atoms with Gasteiger partial charge in [-0.2, -0.15) is 4.31 Å². The first kappa shape index (κ1) is 32.5. The third-order valence-corrected chi connectivity index (χ3v) is 9.79. The number of fused-ring (bicyclic) bond motifs is 1. The second-order valence-electron chi connectivity index (χ2n) is 9.58. The van der Waals surface area contributed by atoms with Crippen LogP contribution in [0.2, 0.25) is 0 Å². The Hall–Kier alpha value is -2.88. The number of aromatic nitrogens is 4. The van der Waals surface area contributed by atoms with Gasteiger partial charge in [0, 0.05) is 19.9 Å². The molecule has 0 aliphatic carbocycles. The fraction of sp³-hybridized carbons (Fsp3) is 0.524. The van der Waals surface area contributed by atoms with E-state index in [1.807, 2.05) is 0 Å². The van der Waals surface area contributed by atoms with Crippen molar-refractivity contribution in [2.24, 2.45) is 0 Å². The number of rotatable bonds is 11. The Labute approximate surface area is 246 Å². The summed E-state index contributed by atoms with van der Waals surface area (Å²) in [6.07, 6.45) is -6.61. The predicted octanol–water partition coefficient (Wildman–Crippen LogP) is -3.16. The van der Waals surface area contributed by atoms with Crippen molar-refractivity contribution in [1.82, 2.24) is 24.4 Å². The third kappa shape index (κ3) is 6.42. The monoisotopic (exact) mass is 665 g/mol. The molecule has 0 saturated carbocycles. The van der Waals surface area contributed by atoms with Crippen LogP contribution in [0.15, 0.2) is 36.6 Å². The number of nitrogens with zero attached hydrogens (tertiary/aromatic N) is 5. The molecule has 7 N–H and O–H groups in total. The van der Waals surface area contributed by atoms with Gasteiger partial charge in [0.15, 0.2) is 30.2 Å². The number of anilines is 1. The Morgan fingerprint density at radius 2 is 1.84 bits per heavy atom. The minimum atomic E-state index is -5.35. The molecular weight excluding hydrogens is 638 g/mol. The Morgan fingerprint density at radius 1 is 1.11 bits per heavy atom. The number of phosphoric ester groups is 2. The lowest BCUT2D eigenvalue weighted by Gasteiger charge is -2.32. The fourth-order valence-electron chi connectivity index (χ4n) is 4.56. The number of allylic oxidation sites excluding steroid dienone is 2. The first-order valence-electron chi connectivity index (χ1n) is 12.6. The molecule has 0 radical (unpaired) electrons. The molecule has 2 aromatic rings. The zero-order valence-corrected chi connectivity index (χ0v) is 24.2. The standard InChI is InChI=1S/C21H28N6O15P2/c1-37-44(36,41-21-15(31)14(30)19(40-21)27-8-25-11-16(22)23-7-24-17(11)27)42-43(34,35)38-6-10-12(28)13(29)18(39-10)26-4-2-3-9(5-26)20(32)33/h2-4,7-8,10,12-15,18-19,21,28-31H,5-6H2,1H3,(H,32,33)(H,34,35)(H2,22,23,24)/p-1. The van der Waals surface area contributed by atoms with Gasteiger partial charge in [-0.3, -0.25) is 18.1 Å². The maximum Gasteiger partial charge on any atom is 0.485 e. The molecule has 5 heterocycles. The second kappa shape index (κ2) is 12.5. The molecule has 0 amide bonds. The maximum atomic E-state index is 13.1. The predicted molar refractivity (Wildman–Crippen MR) is 138 cm³/mol. The number of aliphatic carboxylic acids is 1. The highest BCUT2D eigenvalue weighted by Crippen LogP contribution is 2.64. The number of imidazole rings is 1. The van der Waals surface area contributed by atoms with Crippen molar-refractivity contribution in [3.63, 3.8) is 0 Å². The first-order valence-corrected chi connectivity index (χ1v) is 15.5. The molecule has 2 fully saturated rings. The van der Waals surface area contributed by atoms with Gasteiger partial charge in [-0.25, -0.2) is 24.1 Å². The summed E-state index contributed by atoms with van der Waals surface area (Å²) in [7, 11) is -9.64. The lowest BCUT2D eigenvalue weighted by Crippen LogP contribution is -2.44. The van der Waals surface area contributed by atoms with Crippen molar-refractivity contribution in [2.75, 3.05) is 26.0 Å². The maximum absolute atomic E-state index is 13.1. The molecule has 0 aromatic carbocycles. The summed E-state index contributed by atoms with van der Waals surface area (Å²) >= 11 is 0. The number of carbonyl (C=O) groups is 1. The van der Waals surface area contributed by atoms with Crippen molar-refractivity contribution in [3.05, 3.63) is 36.6 Å².